The van der Waals surface area contributed by atoms with Crippen LogP contribution in [0.3, 0.4) is 0 Å². The predicted octanol–water partition coefficient (Wildman–Crippen LogP) is 2.47. The summed E-state index contributed by atoms with van der Waals surface area (Å²) in [7, 11) is 0. The number of hydrogen-bond acceptors (Lipinski definition) is 3. The zero-order chi connectivity index (χ0) is 13.8. The number of nitrogens with zero attached hydrogens (tertiary/aromatic N) is 1. The second kappa shape index (κ2) is 6.30. The minimum absolute atomic E-state index is 0.222. The quantitative estimate of drug-likeness (QED) is 0.842. The molecule has 3 nitrogen and oxygen atoms in total. The smallest absolute Gasteiger partial charge is 0.124 e. The van der Waals surface area contributed by atoms with Crippen LogP contribution < -0.4 is 10.6 Å². The van der Waals surface area contributed by atoms with Gasteiger partial charge < -0.3 is 15.4 Å². The van der Waals surface area contributed by atoms with Crippen LogP contribution in [0.2, 0.25) is 0 Å². The Morgan fingerprint density at radius 3 is 2.95 bits per heavy atom. The molecule has 2 rings (SSSR count). The number of rotatable bonds is 5. The van der Waals surface area contributed by atoms with Gasteiger partial charge in [0.1, 0.15) is 10.8 Å². The number of likely N-dealkylation sites (N-methyl/N-ethyl adjacent to an activating group) is 1. The number of ether oxygens (including phenoxy) is 1. The molecule has 1 aliphatic rings. The van der Waals surface area contributed by atoms with E-state index in [-0.39, 0.29) is 16.9 Å². The molecule has 0 aromatic heterocycles. The number of thiocarbonyl (C=S) groups is 1. The summed E-state index contributed by atoms with van der Waals surface area (Å²) in [5.74, 6) is -0.320. The van der Waals surface area contributed by atoms with Crippen molar-refractivity contribution in [2.45, 2.75) is 25.9 Å². The van der Waals surface area contributed by atoms with Crippen LogP contribution in [0, 0.1) is 5.82 Å². The second-order valence-electron chi connectivity index (χ2n) is 4.70. The first-order chi connectivity index (χ1) is 9.11. The van der Waals surface area contributed by atoms with E-state index in [2.05, 4.69) is 11.8 Å². The molecule has 0 spiro atoms. The Morgan fingerprint density at radius 2 is 2.37 bits per heavy atom. The maximum atomic E-state index is 13.3. The molecule has 104 valence electrons. The molecular weight excluding hydrogens is 263 g/mol. The van der Waals surface area contributed by atoms with Gasteiger partial charge in [-0.2, -0.15) is 0 Å². The normalized spacial score (nSPS) is 18.5. The van der Waals surface area contributed by atoms with Crippen LogP contribution in [0.15, 0.2) is 18.2 Å². The summed E-state index contributed by atoms with van der Waals surface area (Å²) in [6.07, 6.45) is 2.41. The standard InChI is InChI=1S/C14H19FN2OS/c1-2-17(9-11-4-3-7-18-11)13-6-5-10(15)8-12(13)14(16)19/h5-6,8,11H,2-4,7,9H2,1H3,(H2,16,19). The molecule has 0 amide bonds. The van der Waals surface area contributed by atoms with Crippen LogP contribution in [0.1, 0.15) is 25.3 Å². The van der Waals surface area contributed by atoms with Gasteiger partial charge >= 0.3 is 0 Å². The molecular formula is C14H19FN2OS. The number of nitrogens with two attached hydrogens (primary N) is 1. The summed E-state index contributed by atoms with van der Waals surface area (Å²) in [5, 5.41) is 0. The molecule has 0 saturated carbocycles. The first kappa shape index (κ1) is 14.2. The molecule has 1 saturated heterocycles. The van der Waals surface area contributed by atoms with Crippen LogP contribution in [0.4, 0.5) is 10.1 Å². The fourth-order valence-corrected chi connectivity index (χ4v) is 2.58. The maximum absolute atomic E-state index is 13.3. The summed E-state index contributed by atoms with van der Waals surface area (Å²) in [5.41, 5.74) is 7.16. The zero-order valence-electron chi connectivity index (χ0n) is 11.1. The summed E-state index contributed by atoms with van der Waals surface area (Å²) in [4.78, 5) is 2.37. The van der Waals surface area contributed by atoms with Gasteiger partial charge in [-0.25, -0.2) is 4.39 Å². The molecule has 0 radical (unpaired) electrons. The summed E-state index contributed by atoms with van der Waals surface area (Å²) < 4.78 is 19.0. The van der Waals surface area contributed by atoms with Gasteiger partial charge in [0.05, 0.1) is 6.10 Å². The fourth-order valence-electron chi connectivity index (χ4n) is 2.41. The van der Waals surface area contributed by atoms with Crippen LogP contribution >= 0.6 is 12.2 Å². The number of hydrogen-bond donors (Lipinski definition) is 1. The number of anilines is 1. The summed E-state index contributed by atoms with van der Waals surface area (Å²) in [6, 6.07) is 4.58. The van der Waals surface area contributed by atoms with E-state index in [9.17, 15) is 4.39 Å². The average molecular weight is 282 g/mol. The van der Waals surface area contributed by atoms with Crippen LogP contribution in [0.5, 0.6) is 0 Å². The van der Waals surface area contributed by atoms with E-state index >= 15 is 0 Å². The highest BCUT2D eigenvalue weighted by molar-refractivity contribution is 7.80. The van der Waals surface area contributed by atoms with Gasteiger partial charge in [0, 0.05) is 30.9 Å². The number of benzene rings is 1. The highest BCUT2D eigenvalue weighted by atomic mass is 32.1. The van der Waals surface area contributed by atoms with Gasteiger partial charge in [-0.1, -0.05) is 12.2 Å². The van der Waals surface area contributed by atoms with Crippen LogP contribution in [0.25, 0.3) is 0 Å². The lowest BCUT2D eigenvalue weighted by molar-refractivity contribution is 0.115. The van der Waals surface area contributed by atoms with Crippen LogP contribution in [-0.4, -0.2) is 30.8 Å². The van der Waals surface area contributed by atoms with Crippen molar-refractivity contribution in [3.63, 3.8) is 0 Å². The van der Waals surface area contributed by atoms with Crippen molar-refractivity contribution < 1.29 is 9.13 Å². The molecule has 2 N–H and O–H groups in total. The monoisotopic (exact) mass is 282 g/mol. The zero-order valence-corrected chi connectivity index (χ0v) is 11.9. The van der Waals surface area contributed by atoms with Crippen LogP contribution in [-0.2, 0) is 4.74 Å². The van der Waals surface area contributed by atoms with E-state index in [1.54, 1.807) is 6.07 Å². The third kappa shape index (κ3) is 3.42. The van der Waals surface area contributed by atoms with Gasteiger partial charge in [-0.05, 0) is 38.0 Å². The third-order valence-corrected chi connectivity index (χ3v) is 3.61. The van der Waals surface area contributed by atoms with Gasteiger partial charge in [0.15, 0.2) is 0 Å². The van der Waals surface area contributed by atoms with Crippen molar-refractivity contribution in [2.24, 2.45) is 5.73 Å². The topological polar surface area (TPSA) is 38.5 Å². The Hall–Kier alpha value is -1.20. The molecule has 1 aliphatic heterocycles. The first-order valence-corrected chi connectivity index (χ1v) is 6.98. The van der Waals surface area contributed by atoms with Crippen molar-refractivity contribution in [3.05, 3.63) is 29.6 Å². The van der Waals surface area contributed by atoms with Gasteiger partial charge in [-0.3, -0.25) is 0 Å². The Kier molecular flexibility index (Phi) is 4.71. The Morgan fingerprint density at radius 1 is 1.58 bits per heavy atom. The van der Waals surface area contributed by atoms with Crippen molar-refractivity contribution >= 4 is 22.9 Å². The minimum Gasteiger partial charge on any atom is -0.389 e. The second-order valence-corrected chi connectivity index (χ2v) is 5.14. The molecule has 1 fully saturated rings. The van der Waals surface area contributed by atoms with E-state index in [1.165, 1.54) is 12.1 Å². The highest BCUT2D eigenvalue weighted by Gasteiger charge is 2.20. The molecule has 1 aromatic carbocycles. The van der Waals surface area contributed by atoms with Crippen molar-refractivity contribution in [3.8, 4) is 0 Å². The van der Waals surface area contributed by atoms with E-state index in [4.69, 9.17) is 22.7 Å². The van der Waals surface area contributed by atoms with Crippen molar-refractivity contribution in [1.29, 1.82) is 0 Å². The molecule has 1 aromatic rings. The molecule has 0 bridgehead atoms. The predicted molar refractivity (Wildman–Crippen MR) is 79.1 cm³/mol. The van der Waals surface area contributed by atoms with E-state index in [0.717, 1.165) is 38.2 Å². The molecule has 1 unspecified atom stereocenters. The summed E-state index contributed by atoms with van der Waals surface area (Å²) >= 11 is 5.01. The van der Waals surface area contributed by atoms with Crippen molar-refractivity contribution in [1.82, 2.24) is 0 Å². The average Bonchev–Trinajstić information content (AvgIpc) is 2.89. The van der Waals surface area contributed by atoms with E-state index in [1.807, 2.05) is 0 Å². The summed E-state index contributed by atoms with van der Waals surface area (Å²) in [6.45, 7) is 4.48. The van der Waals surface area contributed by atoms with E-state index < -0.39 is 0 Å². The third-order valence-electron chi connectivity index (χ3n) is 3.39. The number of halogens is 1. The van der Waals surface area contributed by atoms with E-state index in [0.29, 0.717) is 5.56 Å². The van der Waals surface area contributed by atoms with Gasteiger partial charge in [0.2, 0.25) is 0 Å². The molecule has 1 heterocycles. The largest absolute Gasteiger partial charge is 0.389 e. The van der Waals surface area contributed by atoms with Gasteiger partial charge in [-0.15, -0.1) is 0 Å². The minimum atomic E-state index is -0.320. The lowest BCUT2D eigenvalue weighted by Crippen LogP contribution is -2.33. The lowest BCUT2D eigenvalue weighted by atomic mass is 10.1. The fraction of sp³-hybridized carbons (Fsp3) is 0.500. The first-order valence-electron chi connectivity index (χ1n) is 6.57. The maximum Gasteiger partial charge on any atom is 0.124 e. The Labute approximate surface area is 118 Å². The lowest BCUT2D eigenvalue weighted by Gasteiger charge is -2.28. The van der Waals surface area contributed by atoms with Gasteiger partial charge in [0.25, 0.3) is 0 Å². The molecule has 1 atom stereocenters. The Balaban J connectivity index is 2.23. The molecule has 0 aliphatic carbocycles. The molecule has 5 heteroatoms. The van der Waals surface area contributed by atoms with Crippen molar-refractivity contribution in [2.75, 3.05) is 24.6 Å². The SMILES string of the molecule is CCN(CC1CCCO1)c1ccc(F)cc1C(N)=S. The highest BCUT2D eigenvalue weighted by Crippen LogP contribution is 2.24. The Bertz CT molecular complexity index is 461. The molecule has 19 heavy (non-hydrogen) atoms.